The number of rotatable bonds is 3. The van der Waals surface area contributed by atoms with Gasteiger partial charge in [-0.05, 0) is 18.7 Å². The highest BCUT2D eigenvalue weighted by Crippen LogP contribution is 2.20. The monoisotopic (exact) mass is 427 g/mol. The summed E-state index contributed by atoms with van der Waals surface area (Å²) in [6, 6.07) is 0. The van der Waals surface area contributed by atoms with Crippen molar-refractivity contribution < 1.29 is 4.79 Å². The number of carbonyl (C=O) groups is 1. The number of likely N-dealkylation sites (N-methyl/N-ethyl adjacent to an activating group) is 1. The molecule has 3 rings (SSSR count). The minimum absolute atomic E-state index is 0.225. The Morgan fingerprint density at radius 3 is 1.48 bits per heavy atom. The van der Waals surface area contributed by atoms with Crippen molar-refractivity contribution in [2.45, 2.75) is 6.92 Å². The van der Waals surface area contributed by atoms with Crippen LogP contribution >= 0.6 is 0 Å². The summed E-state index contributed by atoms with van der Waals surface area (Å²) in [5, 5.41) is 0. The summed E-state index contributed by atoms with van der Waals surface area (Å²) in [4.78, 5) is 64.0. The smallest absolute Gasteiger partial charge is 0.303 e. The Morgan fingerprint density at radius 2 is 1.13 bits per heavy atom. The summed E-state index contributed by atoms with van der Waals surface area (Å²) < 4.78 is 4.54. The first-order valence-electron chi connectivity index (χ1n) is 9.76. The standard InChI is InChI=1S/C21H25N5O5/c1-6-26-11-13(7-15-9-22(2)20(30)24(4)18(15)28)17(27)14(12-26)8-16-10-23(3)21(31)25(5)19(16)29/h7-10H,6,11-12H2,1-5H3/b13-7-,14-8-. The molecule has 0 aromatic carbocycles. The van der Waals surface area contributed by atoms with Crippen LogP contribution in [-0.4, -0.2) is 48.6 Å². The minimum atomic E-state index is -0.491. The van der Waals surface area contributed by atoms with Gasteiger partial charge in [0, 0.05) is 64.8 Å². The maximum Gasteiger partial charge on any atom is 0.330 e. The van der Waals surface area contributed by atoms with E-state index in [0.29, 0.717) is 30.8 Å². The third kappa shape index (κ3) is 4.06. The Balaban J connectivity index is 2.14. The lowest BCUT2D eigenvalue weighted by Gasteiger charge is -2.28. The van der Waals surface area contributed by atoms with E-state index < -0.39 is 22.5 Å². The van der Waals surface area contributed by atoms with Gasteiger partial charge in [0.25, 0.3) is 11.1 Å². The third-order valence-electron chi connectivity index (χ3n) is 5.42. The van der Waals surface area contributed by atoms with Crippen LogP contribution in [0.25, 0.3) is 12.2 Å². The number of hydrogen-bond acceptors (Lipinski definition) is 6. The molecule has 1 aliphatic heterocycles. The van der Waals surface area contributed by atoms with E-state index in [2.05, 4.69) is 0 Å². The summed E-state index contributed by atoms with van der Waals surface area (Å²) in [6.45, 7) is 3.27. The Bertz CT molecular complexity index is 1260. The van der Waals surface area contributed by atoms with Gasteiger partial charge < -0.3 is 9.13 Å². The van der Waals surface area contributed by atoms with E-state index in [1.807, 2.05) is 11.8 Å². The van der Waals surface area contributed by atoms with Crippen LogP contribution < -0.4 is 22.5 Å². The average Bonchev–Trinajstić information content (AvgIpc) is 2.75. The Kier molecular flexibility index (Phi) is 5.94. The molecular formula is C21H25N5O5. The summed E-state index contributed by atoms with van der Waals surface area (Å²) in [6.07, 6.45) is 5.81. The molecule has 1 aliphatic rings. The van der Waals surface area contributed by atoms with Crippen LogP contribution in [0.4, 0.5) is 0 Å². The zero-order chi connectivity index (χ0) is 23.0. The molecular weight excluding hydrogens is 402 g/mol. The maximum atomic E-state index is 13.2. The van der Waals surface area contributed by atoms with Crippen molar-refractivity contribution in [2.24, 2.45) is 28.2 Å². The molecule has 0 spiro atoms. The molecule has 0 unspecified atom stereocenters. The van der Waals surface area contributed by atoms with Crippen LogP contribution in [0.3, 0.4) is 0 Å². The minimum Gasteiger partial charge on any atom is -0.303 e. The second kappa shape index (κ2) is 8.31. The van der Waals surface area contributed by atoms with E-state index in [9.17, 15) is 24.0 Å². The second-order valence-corrected chi connectivity index (χ2v) is 7.66. The van der Waals surface area contributed by atoms with Gasteiger partial charge in [0.2, 0.25) is 0 Å². The van der Waals surface area contributed by atoms with Crippen molar-refractivity contribution in [1.82, 2.24) is 23.2 Å². The average molecular weight is 427 g/mol. The van der Waals surface area contributed by atoms with Gasteiger partial charge in [-0.2, -0.15) is 0 Å². The van der Waals surface area contributed by atoms with Gasteiger partial charge in [-0.3, -0.25) is 28.4 Å². The van der Waals surface area contributed by atoms with Crippen molar-refractivity contribution in [3.05, 3.63) is 76.3 Å². The van der Waals surface area contributed by atoms with Crippen LogP contribution in [0.5, 0.6) is 0 Å². The van der Waals surface area contributed by atoms with Gasteiger partial charge in [0.05, 0.1) is 11.1 Å². The molecule has 0 aliphatic carbocycles. The number of piperidine rings is 1. The van der Waals surface area contributed by atoms with Gasteiger partial charge in [-0.1, -0.05) is 6.92 Å². The van der Waals surface area contributed by atoms with Gasteiger partial charge >= 0.3 is 11.4 Å². The van der Waals surface area contributed by atoms with Gasteiger partial charge in [0.1, 0.15) is 0 Å². The topological polar surface area (TPSA) is 108 Å². The van der Waals surface area contributed by atoms with Crippen molar-refractivity contribution in [3.8, 4) is 0 Å². The first kappa shape index (κ1) is 22.2. The van der Waals surface area contributed by atoms with Gasteiger partial charge in [-0.25, -0.2) is 9.59 Å². The van der Waals surface area contributed by atoms with E-state index in [1.165, 1.54) is 61.9 Å². The van der Waals surface area contributed by atoms with Crippen LogP contribution in [0.2, 0.25) is 0 Å². The fraction of sp³-hybridized carbons (Fsp3) is 0.381. The first-order valence-corrected chi connectivity index (χ1v) is 9.76. The molecule has 2 aromatic rings. The molecule has 164 valence electrons. The summed E-state index contributed by atoms with van der Waals surface area (Å²) in [7, 11) is 5.83. The predicted octanol–water partition coefficient (Wildman–Crippen LogP) is -1.15. The SMILES string of the molecule is CCN1C/C(=C/c2cn(C)c(=O)n(C)c2=O)C(=O)/C(=C\c2cn(C)c(=O)n(C)c2=O)C1. The summed E-state index contributed by atoms with van der Waals surface area (Å²) in [5.41, 5.74) is -0.671. The van der Waals surface area contributed by atoms with Crippen molar-refractivity contribution >= 4 is 17.9 Å². The fourth-order valence-electron chi connectivity index (χ4n) is 3.58. The molecule has 0 amide bonds. The number of hydrogen-bond donors (Lipinski definition) is 0. The number of likely N-dealkylation sites (tertiary alicyclic amines) is 1. The molecule has 31 heavy (non-hydrogen) atoms. The number of nitrogens with zero attached hydrogens (tertiary/aromatic N) is 5. The highest BCUT2D eigenvalue weighted by Gasteiger charge is 2.26. The largest absolute Gasteiger partial charge is 0.330 e. The highest BCUT2D eigenvalue weighted by atomic mass is 16.2. The molecule has 0 saturated carbocycles. The molecule has 0 atom stereocenters. The highest BCUT2D eigenvalue weighted by molar-refractivity contribution is 6.14. The van der Waals surface area contributed by atoms with Crippen LogP contribution in [0.1, 0.15) is 18.1 Å². The Hall–Kier alpha value is -3.53. The van der Waals surface area contributed by atoms with E-state index in [0.717, 1.165) is 9.13 Å². The Labute approximate surface area is 177 Å². The normalized spacial score (nSPS) is 17.6. The van der Waals surface area contributed by atoms with Crippen molar-refractivity contribution in [2.75, 3.05) is 19.6 Å². The molecule has 0 N–H and O–H groups in total. The molecule has 0 radical (unpaired) electrons. The lowest BCUT2D eigenvalue weighted by atomic mass is 9.95. The molecule has 10 nitrogen and oxygen atoms in total. The lowest BCUT2D eigenvalue weighted by Crippen LogP contribution is -2.40. The van der Waals surface area contributed by atoms with Crippen LogP contribution in [0, 0.1) is 0 Å². The summed E-state index contributed by atoms with van der Waals surface area (Å²) >= 11 is 0. The van der Waals surface area contributed by atoms with E-state index in [4.69, 9.17) is 0 Å². The van der Waals surface area contributed by atoms with E-state index >= 15 is 0 Å². The molecule has 10 heteroatoms. The Morgan fingerprint density at radius 1 is 0.742 bits per heavy atom. The lowest BCUT2D eigenvalue weighted by molar-refractivity contribution is -0.113. The van der Waals surface area contributed by atoms with Crippen molar-refractivity contribution in [3.63, 3.8) is 0 Å². The zero-order valence-electron chi connectivity index (χ0n) is 18.2. The summed E-state index contributed by atoms with van der Waals surface area (Å²) in [5.74, 6) is -0.281. The first-order chi connectivity index (χ1) is 14.5. The van der Waals surface area contributed by atoms with Crippen molar-refractivity contribution in [1.29, 1.82) is 0 Å². The second-order valence-electron chi connectivity index (χ2n) is 7.66. The maximum absolute atomic E-state index is 13.2. The van der Waals surface area contributed by atoms with Crippen LogP contribution in [-0.2, 0) is 33.0 Å². The number of aromatic nitrogens is 4. The fourth-order valence-corrected chi connectivity index (χ4v) is 3.58. The quantitative estimate of drug-likeness (QED) is 0.573. The number of ketones is 1. The molecule has 2 aromatic heterocycles. The molecule has 1 saturated heterocycles. The zero-order valence-corrected chi connectivity index (χ0v) is 18.2. The molecule has 0 bridgehead atoms. The van der Waals surface area contributed by atoms with Gasteiger partial charge in [-0.15, -0.1) is 0 Å². The third-order valence-corrected chi connectivity index (χ3v) is 5.42. The molecule has 1 fully saturated rings. The van der Waals surface area contributed by atoms with E-state index in [-0.39, 0.29) is 16.9 Å². The van der Waals surface area contributed by atoms with E-state index in [1.54, 1.807) is 0 Å². The van der Waals surface area contributed by atoms with Crippen LogP contribution in [0.15, 0.2) is 42.7 Å². The number of aryl methyl sites for hydroxylation is 2. The number of Topliss-reactive ketones (excluding diaryl/α,β-unsaturated/α-hetero) is 1. The molecule has 3 heterocycles. The van der Waals surface area contributed by atoms with Gasteiger partial charge in [0.15, 0.2) is 5.78 Å². The predicted molar refractivity (Wildman–Crippen MR) is 117 cm³/mol. The number of carbonyl (C=O) groups excluding carboxylic acids is 1.